The molecule has 4 heteroatoms. The number of nitrogens with zero attached hydrogens (tertiary/aromatic N) is 2. The van der Waals surface area contributed by atoms with Crippen molar-refractivity contribution in [1.82, 2.24) is 9.38 Å². The number of fused-ring (bicyclic) bond motifs is 1. The minimum atomic E-state index is -0.800. The van der Waals surface area contributed by atoms with Crippen LogP contribution in [0, 0.1) is 6.92 Å². The van der Waals surface area contributed by atoms with Crippen LogP contribution in [-0.2, 0) is 11.2 Å². The number of rotatable bonds is 3. The average molecular weight is 230 g/mol. The van der Waals surface area contributed by atoms with E-state index in [2.05, 4.69) is 4.98 Å². The molecule has 4 nitrogen and oxygen atoms in total. The van der Waals surface area contributed by atoms with Gasteiger partial charge in [0, 0.05) is 11.6 Å². The molecule has 88 valence electrons. The SMILES string of the molecule is Cc1nc(C2CC2)n2c(CC(=O)O)cccc12. The maximum atomic E-state index is 10.9. The lowest BCUT2D eigenvalue weighted by atomic mass is 10.2. The number of hydrogen-bond donors (Lipinski definition) is 1. The molecule has 0 aliphatic heterocycles. The number of pyridine rings is 1. The van der Waals surface area contributed by atoms with Crippen LogP contribution >= 0.6 is 0 Å². The largest absolute Gasteiger partial charge is 0.481 e. The molecule has 0 saturated heterocycles. The molecule has 2 aromatic heterocycles. The molecule has 0 bridgehead atoms. The van der Waals surface area contributed by atoms with Crippen molar-refractivity contribution in [2.75, 3.05) is 0 Å². The number of imidazole rings is 1. The highest BCUT2D eigenvalue weighted by Gasteiger charge is 2.29. The Balaban J connectivity index is 2.23. The van der Waals surface area contributed by atoms with Gasteiger partial charge in [-0.25, -0.2) is 4.98 Å². The van der Waals surface area contributed by atoms with E-state index in [9.17, 15) is 4.79 Å². The zero-order valence-electron chi connectivity index (χ0n) is 9.68. The van der Waals surface area contributed by atoms with E-state index in [-0.39, 0.29) is 6.42 Å². The molecule has 0 atom stereocenters. The van der Waals surface area contributed by atoms with E-state index >= 15 is 0 Å². The van der Waals surface area contributed by atoms with Crippen LogP contribution < -0.4 is 0 Å². The van der Waals surface area contributed by atoms with Gasteiger partial charge in [0.2, 0.25) is 0 Å². The third kappa shape index (κ3) is 1.69. The Labute approximate surface area is 98.9 Å². The summed E-state index contributed by atoms with van der Waals surface area (Å²) in [7, 11) is 0. The number of carbonyl (C=O) groups is 1. The van der Waals surface area contributed by atoms with Crippen LogP contribution in [0.25, 0.3) is 5.52 Å². The van der Waals surface area contributed by atoms with Crippen molar-refractivity contribution in [1.29, 1.82) is 0 Å². The molecule has 17 heavy (non-hydrogen) atoms. The van der Waals surface area contributed by atoms with Crippen molar-refractivity contribution >= 4 is 11.5 Å². The molecule has 0 radical (unpaired) electrons. The monoisotopic (exact) mass is 230 g/mol. The molecule has 0 aromatic carbocycles. The topological polar surface area (TPSA) is 54.6 Å². The van der Waals surface area contributed by atoms with Gasteiger partial charge in [-0.2, -0.15) is 0 Å². The molecule has 3 rings (SSSR count). The van der Waals surface area contributed by atoms with E-state index in [4.69, 9.17) is 5.11 Å². The Morgan fingerprint density at radius 1 is 1.53 bits per heavy atom. The first-order chi connectivity index (χ1) is 8.16. The molecule has 1 fully saturated rings. The molecular weight excluding hydrogens is 216 g/mol. The lowest BCUT2D eigenvalue weighted by Crippen LogP contribution is -2.07. The minimum Gasteiger partial charge on any atom is -0.481 e. The molecule has 0 spiro atoms. The summed E-state index contributed by atoms with van der Waals surface area (Å²) < 4.78 is 2.03. The molecule has 2 heterocycles. The first-order valence-corrected chi connectivity index (χ1v) is 5.85. The van der Waals surface area contributed by atoms with E-state index < -0.39 is 5.97 Å². The van der Waals surface area contributed by atoms with Crippen molar-refractivity contribution in [3.8, 4) is 0 Å². The van der Waals surface area contributed by atoms with Gasteiger partial charge >= 0.3 is 5.97 Å². The highest BCUT2D eigenvalue weighted by Crippen LogP contribution is 2.40. The van der Waals surface area contributed by atoms with Gasteiger partial charge in [-0.05, 0) is 31.9 Å². The Hall–Kier alpha value is -1.84. The zero-order valence-corrected chi connectivity index (χ0v) is 9.68. The Kier molecular flexibility index (Phi) is 2.18. The highest BCUT2D eigenvalue weighted by molar-refractivity contribution is 5.70. The second kappa shape index (κ2) is 3.58. The summed E-state index contributed by atoms with van der Waals surface area (Å²) in [6, 6.07) is 5.77. The highest BCUT2D eigenvalue weighted by atomic mass is 16.4. The Bertz CT molecular complexity index is 597. The maximum Gasteiger partial charge on any atom is 0.309 e. The van der Waals surface area contributed by atoms with Crippen molar-refractivity contribution in [3.63, 3.8) is 0 Å². The molecule has 0 unspecified atom stereocenters. The number of hydrogen-bond acceptors (Lipinski definition) is 2. The maximum absolute atomic E-state index is 10.9. The molecule has 0 amide bonds. The second-order valence-electron chi connectivity index (χ2n) is 4.64. The number of aromatic nitrogens is 2. The molecule has 1 aliphatic carbocycles. The van der Waals surface area contributed by atoms with Crippen LogP contribution in [0.15, 0.2) is 18.2 Å². The van der Waals surface area contributed by atoms with Crippen LogP contribution in [0.1, 0.15) is 36.0 Å². The fourth-order valence-corrected chi connectivity index (χ4v) is 2.29. The zero-order chi connectivity index (χ0) is 12.0. The van der Waals surface area contributed by atoms with Crippen LogP contribution in [-0.4, -0.2) is 20.5 Å². The van der Waals surface area contributed by atoms with Crippen LogP contribution in [0.4, 0.5) is 0 Å². The predicted molar refractivity (Wildman–Crippen MR) is 63.2 cm³/mol. The van der Waals surface area contributed by atoms with Crippen molar-refractivity contribution in [2.24, 2.45) is 0 Å². The van der Waals surface area contributed by atoms with E-state index in [1.165, 1.54) is 12.8 Å². The summed E-state index contributed by atoms with van der Waals surface area (Å²) in [6.45, 7) is 1.98. The summed E-state index contributed by atoms with van der Waals surface area (Å²) in [5, 5.41) is 8.94. The quantitative estimate of drug-likeness (QED) is 0.879. The van der Waals surface area contributed by atoms with E-state index in [1.54, 1.807) is 0 Å². The number of aryl methyl sites for hydroxylation is 1. The van der Waals surface area contributed by atoms with Gasteiger partial charge in [0.25, 0.3) is 0 Å². The lowest BCUT2D eigenvalue weighted by Gasteiger charge is -2.06. The third-order valence-corrected chi connectivity index (χ3v) is 3.23. The summed E-state index contributed by atoms with van der Waals surface area (Å²) in [4.78, 5) is 15.5. The molecule has 1 N–H and O–H groups in total. The van der Waals surface area contributed by atoms with Gasteiger partial charge in [0.1, 0.15) is 5.82 Å². The van der Waals surface area contributed by atoms with Crippen LogP contribution in [0.3, 0.4) is 0 Å². The van der Waals surface area contributed by atoms with Crippen molar-refractivity contribution in [3.05, 3.63) is 35.4 Å². The average Bonchev–Trinajstić information content (AvgIpc) is 3.05. The normalized spacial score (nSPS) is 15.4. The predicted octanol–water partition coefficient (Wildman–Crippen LogP) is 2.15. The van der Waals surface area contributed by atoms with E-state index in [0.29, 0.717) is 5.92 Å². The van der Waals surface area contributed by atoms with Gasteiger partial charge in [0.05, 0.1) is 17.6 Å². The van der Waals surface area contributed by atoms with Gasteiger partial charge in [0.15, 0.2) is 0 Å². The summed E-state index contributed by atoms with van der Waals surface area (Å²) in [5.74, 6) is 0.756. The minimum absolute atomic E-state index is 0.0485. The number of aliphatic carboxylic acids is 1. The summed E-state index contributed by atoms with van der Waals surface area (Å²) >= 11 is 0. The van der Waals surface area contributed by atoms with E-state index in [0.717, 1.165) is 22.7 Å². The third-order valence-electron chi connectivity index (χ3n) is 3.23. The fourth-order valence-electron chi connectivity index (χ4n) is 2.29. The molecule has 2 aromatic rings. The van der Waals surface area contributed by atoms with Crippen molar-refractivity contribution in [2.45, 2.75) is 32.1 Å². The number of carboxylic acid groups (broad SMARTS) is 1. The van der Waals surface area contributed by atoms with Gasteiger partial charge in [-0.3, -0.25) is 9.20 Å². The van der Waals surface area contributed by atoms with Gasteiger partial charge in [-0.1, -0.05) is 6.07 Å². The van der Waals surface area contributed by atoms with Gasteiger partial charge in [-0.15, -0.1) is 0 Å². The Morgan fingerprint density at radius 2 is 2.29 bits per heavy atom. The first-order valence-electron chi connectivity index (χ1n) is 5.85. The smallest absolute Gasteiger partial charge is 0.309 e. The van der Waals surface area contributed by atoms with Crippen molar-refractivity contribution < 1.29 is 9.90 Å². The fraction of sp³-hybridized carbons (Fsp3) is 0.385. The summed E-state index contributed by atoms with van der Waals surface area (Å²) in [6.07, 6.45) is 2.38. The summed E-state index contributed by atoms with van der Waals surface area (Å²) in [5.41, 5.74) is 2.84. The molecular formula is C13H14N2O2. The molecule has 1 aliphatic rings. The Morgan fingerprint density at radius 3 is 2.94 bits per heavy atom. The lowest BCUT2D eigenvalue weighted by molar-refractivity contribution is -0.136. The van der Waals surface area contributed by atoms with Gasteiger partial charge < -0.3 is 5.11 Å². The van der Waals surface area contributed by atoms with Crippen LogP contribution in [0.2, 0.25) is 0 Å². The second-order valence-corrected chi connectivity index (χ2v) is 4.64. The standard InChI is InChI=1S/C13H14N2O2/c1-8-11-4-2-3-10(7-12(16)17)15(11)13(14-8)9-5-6-9/h2-4,9H,5-7H2,1H3,(H,16,17). The number of carboxylic acids is 1. The molecule has 1 saturated carbocycles. The van der Waals surface area contributed by atoms with E-state index in [1.807, 2.05) is 29.5 Å². The first kappa shape index (κ1) is 10.3. The van der Waals surface area contributed by atoms with Crippen LogP contribution in [0.5, 0.6) is 0 Å².